The Morgan fingerprint density at radius 3 is 2.43 bits per heavy atom. The molecule has 5 heteroatoms. The maximum Gasteiger partial charge on any atom is 0.232 e. The fourth-order valence-electron chi connectivity index (χ4n) is 2.13. The van der Waals surface area contributed by atoms with Gasteiger partial charge >= 0.3 is 0 Å². The van der Waals surface area contributed by atoms with Crippen LogP contribution in [0.4, 0.5) is 0 Å². The molecule has 1 aromatic heterocycles. The van der Waals surface area contributed by atoms with Crippen LogP contribution in [0.15, 0.2) is 42.4 Å². The topological polar surface area (TPSA) is 57.7 Å². The van der Waals surface area contributed by atoms with Crippen molar-refractivity contribution in [3.63, 3.8) is 0 Å². The molecule has 0 saturated carbocycles. The van der Waals surface area contributed by atoms with Crippen molar-refractivity contribution >= 4 is 11.9 Å². The third-order valence-electron chi connectivity index (χ3n) is 3.18. The van der Waals surface area contributed by atoms with Crippen LogP contribution in [0.3, 0.4) is 0 Å². The highest BCUT2D eigenvalue weighted by Gasteiger charge is 2.29. The molecule has 0 saturated heterocycles. The van der Waals surface area contributed by atoms with Gasteiger partial charge in [-0.1, -0.05) is 0 Å². The van der Waals surface area contributed by atoms with Gasteiger partial charge in [0.2, 0.25) is 5.78 Å². The number of pyridine rings is 1. The van der Waals surface area contributed by atoms with Gasteiger partial charge in [-0.3, -0.25) is 9.78 Å². The van der Waals surface area contributed by atoms with Gasteiger partial charge in [0.1, 0.15) is 5.75 Å². The zero-order chi connectivity index (χ0) is 14.8. The third kappa shape index (κ3) is 2.33. The lowest BCUT2D eigenvalue weighted by Crippen LogP contribution is -1.98. The van der Waals surface area contributed by atoms with Crippen molar-refractivity contribution in [3.8, 4) is 17.2 Å². The Balaban J connectivity index is 2.01. The summed E-state index contributed by atoms with van der Waals surface area (Å²) in [5, 5.41) is 0. The van der Waals surface area contributed by atoms with Crippen LogP contribution in [0.1, 0.15) is 15.9 Å². The van der Waals surface area contributed by atoms with Gasteiger partial charge in [-0.05, 0) is 29.8 Å². The number of allylic oxidation sites excluding steroid dienone is 1. The van der Waals surface area contributed by atoms with Gasteiger partial charge in [0.05, 0.1) is 19.8 Å². The van der Waals surface area contributed by atoms with Gasteiger partial charge in [0, 0.05) is 18.5 Å². The van der Waals surface area contributed by atoms with E-state index in [1.807, 2.05) is 0 Å². The van der Waals surface area contributed by atoms with Crippen LogP contribution >= 0.6 is 0 Å². The Bertz CT molecular complexity index is 723. The highest BCUT2D eigenvalue weighted by atomic mass is 16.5. The SMILES string of the molecule is COc1cc2c(cc1OC)C(=O)/C(=C/c1ccncc1)O2. The number of hydrogen-bond acceptors (Lipinski definition) is 5. The summed E-state index contributed by atoms with van der Waals surface area (Å²) in [6, 6.07) is 6.88. The van der Waals surface area contributed by atoms with Crippen LogP contribution in [0, 0.1) is 0 Å². The second-order valence-corrected chi connectivity index (χ2v) is 4.42. The van der Waals surface area contributed by atoms with Crippen LogP contribution < -0.4 is 14.2 Å². The van der Waals surface area contributed by atoms with Crippen LogP contribution in [-0.2, 0) is 0 Å². The lowest BCUT2D eigenvalue weighted by molar-refractivity contribution is 0.101. The van der Waals surface area contributed by atoms with Crippen molar-refractivity contribution in [2.45, 2.75) is 0 Å². The van der Waals surface area contributed by atoms with E-state index in [0.29, 0.717) is 22.8 Å². The van der Waals surface area contributed by atoms with E-state index < -0.39 is 0 Å². The quantitative estimate of drug-likeness (QED) is 0.811. The van der Waals surface area contributed by atoms with E-state index in [2.05, 4.69) is 4.98 Å². The molecular weight excluding hydrogens is 270 g/mol. The number of rotatable bonds is 3. The summed E-state index contributed by atoms with van der Waals surface area (Å²) in [6.45, 7) is 0. The lowest BCUT2D eigenvalue weighted by Gasteiger charge is -2.08. The van der Waals surface area contributed by atoms with E-state index in [1.54, 1.807) is 42.7 Å². The van der Waals surface area contributed by atoms with Crippen molar-refractivity contribution in [3.05, 3.63) is 53.5 Å². The largest absolute Gasteiger partial charge is 0.493 e. The molecular formula is C16H13NO4. The molecule has 1 aromatic carbocycles. The van der Waals surface area contributed by atoms with E-state index in [-0.39, 0.29) is 11.5 Å². The molecule has 0 atom stereocenters. The fraction of sp³-hybridized carbons (Fsp3) is 0.125. The Hall–Kier alpha value is -2.82. The van der Waals surface area contributed by atoms with E-state index in [9.17, 15) is 4.79 Å². The Kier molecular flexibility index (Phi) is 3.31. The molecule has 0 amide bonds. The Labute approximate surface area is 121 Å². The summed E-state index contributed by atoms with van der Waals surface area (Å²) in [7, 11) is 3.06. The number of benzene rings is 1. The number of ether oxygens (including phenoxy) is 3. The zero-order valence-electron chi connectivity index (χ0n) is 11.6. The van der Waals surface area contributed by atoms with Gasteiger partial charge in [-0.15, -0.1) is 0 Å². The summed E-state index contributed by atoms with van der Waals surface area (Å²) in [5.74, 6) is 1.58. The molecule has 2 heterocycles. The number of aromatic nitrogens is 1. The second kappa shape index (κ2) is 5.28. The van der Waals surface area contributed by atoms with Crippen molar-refractivity contribution in [1.82, 2.24) is 4.98 Å². The summed E-state index contributed by atoms with van der Waals surface area (Å²) in [4.78, 5) is 16.3. The van der Waals surface area contributed by atoms with Gasteiger partial charge in [-0.2, -0.15) is 0 Å². The molecule has 21 heavy (non-hydrogen) atoms. The minimum atomic E-state index is -0.178. The van der Waals surface area contributed by atoms with Gasteiger partial charge in [-0.25, -0.2) is 0 Å². The summed E-state index contributed by atoms with van der Waals surface area (Å²) >= 11 is 0. The van der Waals surface area contributed by atoms with Crippen LogP contribution in [0.5, 0.6) is 17.2 Å². The van der Waals surface area contributed by atoms with Crippen molar-refractivity contribution in [2.75, 3.05) is 14.2 Å². The van der Waals surface area contributed by atoms with Crippen LogP contribution in [0.2, 0.25) is 0 Å². The average molecular weight is 283 g/mol. The molecule has 0 N–H and O–H groups in total. The minimum Gasteiger partial charge on any atom is -0.493 e. The number of nitrogens with zero attached hydrogens (tertiary/aromatic N) is 1. The van der Waals surface area contributed by atoms with E-state index in [0.717, 1.165) is 5.56 Å². The van der Waals surface area contributed by atoms with Crippen LogP contribution in [0.25, 0.3) is 6.08 Å². The zero-order valence-corrected chi connectivity index (χ0v) is 11.6. The summed E-state index contributed by atoms with van der Waals surface area (Å²) in [5.41, 5.74) is 1.31. The second-order valence-electron chi connectivity index (χ2n) is 4.42. The maximum atomic E-state index is 12.4. The first-order chi connectivity index (χ1) is 10.2. The monoisotopic (exact) mass is 283 g/mol. The molecule has 1 aliphatic rings. The normalized spacial score (nSPS) is 14.8. The fourth-order valence-corrected chi connectivity index (χ4v) is 2.13. The number of hydrogen-bond donors (Lipinski definition) is 0. The Morgan fingerprint density at radius 1 is 1.10 bits per heavy atom. The number of ketones is 1. The van der Waals surface area contributed by atoms with Gasteiger partial charge < -0.3 is 14.2 Å². The first kappa shape index (κ1) is 13.2. The summed E-state index contributed by atoms with van der Waals surface area (Å²) in [6.07, 6.45) is 5.00. The molecule has 106 valence electrons. The first-order valence-electron chi connectivity index (χ1n) is 6.33. The third-order valence-corrected chi connectivity index (χ3v) is 3.18. The average Bonchev–Trinajstić information content (AvgIpc) is 2.82. The van der Waals surface area contributed by atoms with E-state index in [1.165, 1.54) is 14.2 Å². The highest BCUT2D eigenvalue weighted by molar-refractivity contribution is 6.14. The standard InChI is InChI=1S/C16H13NO4/c1-19-13-8-11-12(9-14(13)20-2)21-15(16(11)18)7-10-3-5-17-6-4-10/h3-9H,1-2H3/b15-7-. The number of carbonyl (C=O) groups is 1. The number of carbonyl (C=O) groups excluding carboxylic acids is 1. The minimum absolute atomic E-state index is 0.178. The first-order valence-corrected chi connectivity index (χ1v) is 6.33. The predicted molar refractivity (Wildman–Crippen MR) is 76.7 cm³/mol. The molecule has 0 radical (unpaired) electrons. The Morgan fingerprint density at radius 2 is 1.76 bits per heavy atom. The van der Waals surface area contributed by atoms with Gasteiger partial charge in [0.15, 0.2) is 17.3 Å². The molecule has 5 nitrogen and oxygen atoms in total. The molecule has 0 aliphatic carbocycles. The summed E-state index contributed by atoms with van der Waals surface area (Å²) < 4.78 is 16.0. The molecule has 3 rings (SSSR count). The van der Waals surface area contributed by atoms with Crippen molar-refractivity contribution in [1.29, 1.82) is 0 Å². The highest BCUT2D eigenvalue weighted by Crippen LogP contribution is 2.40. The molecule has 2 aromatic rings. The molecule has 0 unspecified atom stereocenters. The van der Waals surface area contributed by atoms with Gasteiger partial charge in [0.25, 0.3) is 0 Å². The molecule has 0 bridgehead atoms. The lowest BCUT2D eigenvalue weighted by atomic mass is 10.1. The van der Waals surface area contributed by atoms with Crippen molar-refractivity contribution in [2.24, 2.45) is 0 Å². The van der Waals surface area contributed by atoms with E-state index >= 15 is 0 Å². The molecule has 0 spiro atoms. The number of methoxy groups -OCH3 is 2. The van der Waals surface area contributed by atoms with Crippen LogP contribution in [-0.4, -0.2) is 25.0 Å². The molecule has 1 aliphatic heterocycles. The number of Topliss-reactive ketones (excluding diaryl/α,β-unsaturated/α-hetero) is 1. The molecule has 0 fully saturated rings. The predicted octanol–water partition coefficient (Wildman–Crippen LogP) is 2.72. The maximum absolute atomic E-state index is 12.4. The van der Waals surface area contributed by atoms with Crippen molar-refractivity contribution < 1.29 is 19.0 Å². The van der Waals surface area contributed by atoms with E-state index in [4.69, 9.17) is 14.2 Å². The number of fused-ring (bicyclic) bond motifs is 1. The smallest absolute Gasteiger partial charge is 0.232 e.